The topological polar surface area (TPSA) is 26.3 Å². The van der Waals surface area contributed by atoms with Gasteiger partial charge in [0, 0.05) is 12.5 Å². The molecule has 1 aliphatic carbocycles. The Morgan fingerprint density at radius 1 is 1.12 bits per heavy atom. The van der Waals surface area contributed by atoms with E-state index < -0.39 is 5.83 Å². The van der Waals surface area contributed by atoms with E-state index in [0.717, 1.165) is 0 Å². The van der Waals surface area contributed by atoms with Crippen molar-refractivity contribution in [2.24, 2.45) is 0 Å². The molecule has 2 nitrogen and oxygen atoms in total. The number of hydrogen-bond donors (Lipinski definition) is 0. The minimum atomic E-state index is -0.445. The van der Waals surface area contributed by atoms with E-state index in [1.165, 1.54) is 30.3 Å². The molecule has 1 aliphatic rings. The second-order valence-corrected chi connectivity index (χ2v) is 3.66. The molecule has 0 aromatic heterocycles. The monoisotopic (exact) mass is 236 g/mol. The Morgan fingerprint density at radius 3 is 2.41 bits per heavy atom. The zero-order valence-electron chi connectivity index (χ0n) is 8.95. The first-order chi connectivity index (χ1) is 8.20. The second kappa shape index (κ2) is 4.91. The largest absolute Gasteiger partial charge is 0.433 e. The van der Waals surface area contributed by atoms with Gasteiger partial charge in [-0.2, -0.15) is 0 Å². The Labute approximate surface area is 97.2 Å². The minimum absolute atomic E-state index is 0.280. The first-order valence-corrected chi connectivity index (χ1v) is 5.16. The molecule has 0 saturated carbocycles. The van der Waals surface area contributed by atoms with Crippen LogP contribution in [0.4, 0.5) is 8.78 Å². The van der Waals surface area contributed by atoms with Crippen molar-refractivity contribution in [1.29, 1.82) is 0 Å². The van der Waals surface area contributed by atoms with Crippen LogP contribution in [0.1, 0.15) is 18.4 Å². The van der Waals surface area contributed by atoms with Crippen LogP contribution in [0.5, 0.6) is 0 Å². The van der Waals surface area contributed by atoms with Crippen molar-refractivity contribution < 1.29 is 18.3 Å². The maximum Gasteiger partial charge on any atom is 0.298 e. The fourth-order valence-corrected chi connectivity index (χ4v) is 1.76. The summed E-state index contributed by atoms with van der Waals surface area (Å²) in [5.41, 5.74) is 1.15. The quantitative estimate of drug-likeness (QED) is 0.752. The van der Waals surface area contributed by atoms with Crippen molar-refractivity contribution in [3.8, 4) is 0 Å². The van der Waals surface area contributed by atoms with Crippen LogP contribution in [-0.2, 0) is 9.53 Å². The molecule has 0 aliphatic heterocycles. The van der Waals surface area contributed by atoms with Gasteiger partial charge in [-0.05, 0) is 29.7 Å². The van der Waals surface area contributed by atoms with Gasteiger partial charge in [-0.25, -0.2) is 8.78 Å². The Hall–Kier alpha value is -1.97. The molecule has 0 bridgehead atoms. The summed E-state index contributed by atoms with van der Waals surface area (Å²) in [5.74, 6) is -0.492. The maximum absolute atomic E-state index is 13.7. The van der Waals surface area contributed by atoms with Crippen LogP contribution >= 0.6 is 0 Å². The molecule has 17 heavy (non-hydrogen) atoms. The molecule has 1 aromatic rings. The summed E-state index contributed by atoms with van der Waals surface area (Å²) >= 11 is 0. The average Bonchev–Trinajstić information content (AvgIpc) is 2.31. The summed E-state index contributed by atoms with van der Waals surface area (Å²) in [5, 5.41) is 0. The van der Waals surface area contributed by atoms with Crippen molar-refractivity contribution in [3.05, 3.63) is 53.3 Å². The average molecular weight is 236 g/mol. The van der Waals surface area contributed by atoms with Gasteiger partial charge in [0.05, 0.1) is 0 Å². The first kappa shape index (κ1) is 11.5. The van der Waals surface area contributed by atoms with Gasteiger partial charge in [-0.15, -0.1) is 0 Å². The molecule has 4 heteroatoms. The van der Waals surface area contributed by atoms with E-state index in [-0.39, 0.29) is 12.3 Å². The van der Waals surface area contributed by atoms with Crippen molar-refractivity contribution in [2.45, 2.75) is 12.8 Å². The van der Waals surface area contributed by atoms with Crippen molar-refractivity contribution in [1.82, 2.24) is 0 Å². The Kier molecular flexibility index (Phi) is 3.32. The van der Waals surface area contributed by atoms with Crippen molar-refractivity contribution >= 4 is 12.0 Å². The van der Waals surface area contributed by atoms with Crippen LogP contribution in [0.2, 0.25) is 0 Å². The highest BCUT2D eigenvalue weighted by molar-refractivity contribution is 5.71. The molecule has 0 fully saturated rings. The molecule has 0 unspecified atom stereocenters. The van der Waals surface area contributed by atoms with Crippen molar-refractivity contribution in [2.75, 3.05) is 0 Å². The third kappa shape index (κ3) is 2.58. The highest BCUT2D eigenvalue weighted by Gasteiger charge is 2.16. The summed E-state index contributed by atoms with van der Waals surface area (Å²) in [7, 11) is 0. The predicted octanol–water partition coefficient (Wildman–Crippen LogP) is 3.36. The van der Waals surface area contributed by atoms with Gasteiger partial charge in [-0.1, -0.05) is 12.1 Å². The number of carbonyl (C=O) groups excluding carboxylic acids is 1. The number of carbonyl (C=O) groups is 1. The lowest BCUT2D eigenvalue weighted by atomic mass is 9.96. The van der Waals surface area contributed by atoms with E-state index in [4.69, 9.17) is 0 Å². The van der Waals surface area contributed by atoms with Gasteiger partial charge in [0.2, 0.25) is 0 Å². The molecule has 0 N–H and O–H groups in total. The molecule has 0 saturated heterocycles. The van der Waals surface area contributed by atoms with E-state index in [2.05, 4.69) is 4.74 Å². The van der Waals surface area contributed by atoms with Crippen LogP contribution in [0.25, 0.3) is 5.57 Å². The lowest BCUT2D eigenvalue weighted by Gasteiger charge is -2.14. The van der Waals surface area contributed by atoms with Crippen LogP contribution in [0.3, 0.4) is 0 Å². The fraction of sp³-hybridized carbons (Fsp3) is 0.154. The Morgan fingerprint density at radius 2 is 1.82 bits per heavy atom. The van der Waals surface area contributed by atoms with E-state index in [0.29, 0.717) is 29.7 Å². The molecule has 88 valence electrons. The van der Waals surface area contributed by atoms with Crippen LogP contribution in [0, 0.1) is 5.82 Å². The molecule has 1 aromatic carbocycles. The molecule has 0 atom stereocenters. The third-order valence-electron chi connectivity index (χ3n) is 2.59. The van der Waals surface area contributed by atoms with Gasteiger partial charge in [0.15, 0.2) is 0 Å². The number of rotatable bonds is 3. The molecule has 0 radical (unpaired) electrons. The number of allylic oxidation sites excluding steroid dienone is 4. The highest BCUT2D eigenvalue weighted by Crippen LogP contribution is 2.32. The molecular weight excluding hydrogens is 226 g/mol. The summed E-state index contributed by atoms with van der Waals surface area (Å²) in [6.45, 7) is 0.280. The first-order valence-electron chi connectivity index (χ1n) is 5.16. The summed E-state index contributed by atoms with van der Waals surface area (Å²) in [6.07, 6.45) is 2.08. The summed E-state index contributed by atoms with van der Waals surface area (Å²) < 4.78 is 31.1. The Bertz CT molecular complexity index is 487. The highest BCUT2D eigenvalue weighted by atomic mass is 19.1. The molecule has 0 heterocycles. The van der Waals surface area contributed by atoms with Crippen LogP contribution in [-0.4, -0.2) is 6.47 Å². The van der Waals surface area contributed by atoms with Gasteiger partial charge in [0.25, 0.3) is 6.47 Å². The number of halogens is 2. The number of hydrogen-bond acceptors (Lipinski definition) is 2. The summed E-state index contributed by atoms with van der Waals surface area (Å²) in [6, 6.07) is 5.64. The Balaban J connectivity index is 2.30. The number of benzene rings is 1. The lowest BCUT2D eigenvalue weighted by molar-refractivity contribution is -0.125. The maximum atomic E-state index is 13.7. The minimum Gasteiger partial charge on any atom is -0.433 e. The van der Waals surface area contributed by atoms with Gasteiger partial charge < -0.3 is 4.74 Å². The van der Waals surface area contributed by atoms with Gasteiger partial charge in [-0.3, -0.25) is 4.79 Å². The summed E-state index contributed by atoms with van der Waals surface area (Å²) in [4.78, 5) is 10.1. The molecule has 0 spiro atoms. The third-order valence-corrected chi connectivity index (χ3v) is 2.59. The molecule has 0 amide bonds. The standard InChI is InChI=1S/C13H10F2O2/c14-10-3-1-9(2-4-10)12-6-5-11(17-8-16)7-13(12)15/h1-4,7-8H,5-6H2. The fourth-order valence-electron chi connectivity index (χ4n) is 1.76. The van der Waals surface area contributed by atoms with Crippen LogP contribution in [0.15, 0.2) is 41.9 Å². The smallest absolute Gasteiger partial charge is 0.298 e. The van der Waals surface area contributed by atoms with E-state index in [1.807, 2.05) is 0 Å². The normalized spacial score (nSPS) is 15.5. The van der Waals surface area contributed by atoms with Gasteiger partial charge in [0.1, 0.15) is 17.4 Å². The number of ether oxygens (including phenoxy) is 1. The zero-order chi connectivity index (χ0) is 12.3. The second-order valence-electron chi connectivity index (χ2n) is 3.66. The van der Waals surface area contributed by atoms with Crippen LogP contribution < -0.4 is 0 Å². The van der Waals surface area contributed by atoms with E-state index in [1.54, 1.807) is 0 Å². The van der Waals surface area contributed by atoms with E-state index in [9.17, 15) is 13.6 Å². The lowest BCUT2D eigenvalue weighted by Crippen LogP contribution is -1.99. The SMILES string of the molecule is O=COC1=CC(F)=C(c2ccc(F)cc2)CC1. The molecule has 2 rings (SSSR count). The molecular formula is C13H10F2O2. The predicted molar refractivity (Wildman–Crippen MR) is 58.9 cm³/mol. The van der Waals surface area contributed by atoms with Gasteiger partial charge >= 0.3 is 0 Å². The van der Waals surface area contributed by atoms with E-state index >= 15 is 0 Å². The van der Waals surface area contributed by atoms with Crippen molar-refractivity contribution in [3.63, 3.8) is 0 Å². The zero-order valence-corrected chi connectivity index (χ0v) is 8.95.